The number of carboxylic acid groups (broad SMARTS) is 5. The van der Waals surface area contributed by atoms with Crippen LogP contribution in [0.3, 0.4) is 0 Å². The van der Waals surface area contributed by atoms with E-state index in [0.717, 1.165) is 103 Å². The van der Waals surface area contributed by atoms with E-state index in [4.69, 9.17) is 25.3 Å². The quantitative estimate of drug-likeness (QED) is 0.0153. The molecule has 0 fully saturated rings. The summed E-state index contributed by atoms with van der Waals surface area (Å²) in [7, 11) is -5.62. The molecule has 0 radical (unpaired) electrons. The largest absolute Gasteiger partial charge is 0.481 e. The van der Waals surface area contributed by atoms with Gasteiger partial charge in [-0.1, -0.05) is 142 Å². The molecule has 0 saturated carbocycles. The molecule has 2 unspecified atom stereocenters. The highest BCUT2D eigenvalue weighted by molar-refractivity contribution is 7.47. The van der Waals surface area contributed by atoms with Crippen LogP contribution in [0.5, 0.6) is 0 Å². The van der Waals surface area contributed by atoms with Crippen LogP contribution in [0.25, 0.3) is 0 Å². The van der Waals surface area contributed by atoms with Crippen LogP contribution in [0, 0.1) is 0 Å². The van der Waals surface area contributed by atoms with E-state index < -0.39 is 144 Å². The lowest BCUT2D eigenvalue weighted by Gasteiger charge is -2.55. The van der Waals surface area contributed by atoms with Crippen LogP contribution in [0.4, 0.5) is 0 Å². The van der Waals surface area contributed by atoms with Gasteiger partial charge in [-0.05, 0) is 12.8 Å². The smallest absolute Gasteiger partial charge is 0.473 e. The molecular weight excluding hydrogens is 940 g/mol. The fraction of sp³-hybridized carbons (Fsp3) is 0.851. The third kappa shape index (κ3) is 25.3. The minimum atomic E-state index is -5.62. The predicted octanol–water partition coefficient (Wildman–Crippen LogP) is 5.61. The summed E-state index contributed by atoms with van der Waals surface area (Å²) in [5.74, 6) is -11.9. The summed E-state index contributed by atoms with van der Waals surface area (Å²) in [6.45, 7) is -2.24. The van der Waals surface area contributed by atoms with Gasteiger partial charge in [0, 0.05) is 32.5 Å². The summed E-state index contributed by atoms with van der Waals surface area (Å²) in [4.78, 5) is 105. The number of carbonyl (C=O) groups is 7. The average Bonchev–Trinajstić information content (AvgIpc) is 3.28. The van der Waals surface area contributed by atoms with Crippen molar-refractivity contribution in [3.63, 3.8) is 0 Å². The van der Waals surface area contributed by atoms with Crippen molar-refractivity contribution in [1.82, 2.24) is 10.2 Å². The average molecular weight is 1030 g/mol. The van der Waals surface area contributed by atoms with Crippen LogP contribution >= 0.6 is 7.82 Å². The standard InChI is InChI=1S/C47H87N4O18P/c1-3-5-7-9-11-13-15-17-19-21-23-25-37(53)47(69-70(65,66)67-30-28-49,38(54)26-24-22-20-18-16-14-12-10-8-6-4-2)39(36-52)68-46(33-42(59)60,50-29-27-48)45(31-40(55)56,32-41(57)58)51(34-43(61)62)35-44(63)64/h39,50,52H,3-36,48-49H2,1-2H3,(H,55,56)(H,57,58)(H,59,60)(H,61,62)(H,63,64)(H,65,66)/t39-,46?/m0/s1. The number of nitrogens with two attached hydrogens (primary N) is 2. The van der Waals surface area contributed by atoms with E-state index in [9.17, 15) is 64.1 Å². The monoisotopic (exact) mass is 1030 g/mol. The topological polar surface area (TPSA) is 373 Å². The maximum Gasteiger partial charge on any atom is 0.473 e. The van der Waals surface area contributed by atoms with Crippen LogP contribution in [-0.4, -0.2) is 151 Å². The van der Waals surface area contributed by atoms with Crippen molar-refractivity contribution in [2.45, 2.75) is 210 Å². The number of aliphatic carboxylic acids is 5. The molecule has 23 heteroatoms. The van der Waals surface area contributed by atoms with E-state index in [1.807, 2.05) is 0 Å². The van der Waals surface area contributed by atoms with Crippen LogP contribution in [0.1, 0.15) is 187 Å². The number of phosphoric ester groups is 1. The van der Waals surface area contributed by atoms with Gasteiger partial charge < -0.3 is 51.7 Å². The maximum atomic E-state index is 15.0. The number of hydrogen-bond acceptors (Lipinski definition) is 16. The number of ketones is 2. The predicted molar refractivity (Wildman–Crippen MR) is 259 cm³/mol. The number of hydrogen-bond donors (Lipinski definition) is 10. The SMILES string of the molecule is CCCCCCCCCCCCCC(=O)C(OP(=O)(O)OCCN)(C(=O)CCCCCCCCCCCCC)[C@H](CO)OC(CC(=O)O)(NCCN)C(CC(=O)O)(CC(=O)O)N(CC(=O)O)CC(=O)O. The van der Waals surface area contributed by atoms with E-state index in [1.165, 1.54) is 0 Å². The van der Waals surface area contributed by atoms with Gasteiger partial charge >= 0.3 is 37.7 Å². The molecule has 70 heavy (non-hydrogen) atoms. The van der Waals surface area contributed by atoms with Crippen molar-refractivity contribution in [2.24, 2.45) is 11.5 Å². The van der Waals surface area contributed by atoms with Gasteiger partial charge in [0.05, 0.1) is 51.1 Å². The molecule has 0 bridgehead atoms. The zero-order valence-corrected chi connectivity index (χ0v) is 42.7. The minimum absolute atomic E-state index is 0.0718. The molecule has 3 atom stereocenters. The lowest BCUT2D eigenvalue weighted by Crippen LogP contribution is -2.76. The molecule has 0 heterocycles. The van der Waals surface area contributed by atoms with E-state index in [0.29, 0.717) is 30.6 Å². The Morgan fingerprint density at radius 3 is 1.26 bits per heavy atom. The van der Waals surface area contributed by atoms with Crippen molar-refractivity contribution in [2.75, 3.05) is 45.9 Å². The second kappa shape index (κ2) is 37.3. The van der Waals surface area contributed by atoms with E-state index in [-0.39, 0.29) is 19.4 Å². The highest BCUT2D eigenvalue weighted by Gasteiger charge is 2.65. The number of phosphoric acid groups is 1. The van der Waals surface area contributed by atoms with E-state index in [1.54, 1.807) is 0 Å². The Kier molecular flexibility index (Phi) is 35.5. The summed E-state index contributed by atoms with van der Waals surface area (Å²) in [6.07, 6.45) is 10.6. The first kappa shape index (κ1) is 66.6. The Hall–Kier alpha value is -3.44. The molecule has 0 aliphatic carbocycles. The van der Waals surface area contributed by atoms with Crippen molar-refractivity contribution < 1.29 is 87.4 Å². The highest BCUT2D eigenvalue weighted by atomic mass is 31.2. The third-order valence-electron chi connectivity index (χ3n) is 12.3. The number of nitrogens with one attached hydrogen (secondary N) is 1. The Labute approximate surface area is 413 Å². The number of rotatable bonds is 50. The van der Waals surface area contributed by atoms with Crippen molar-refractivity contribution in [3.8, 4) is 0 Å². The Balaban J connectivity index is 7.95. The zero-order valence-electron chi connectivity index (χ0n) is 41.8. The molecule has 0 aliphatic heterocycles. The van der Waals surface area contributed by atoms with Gasteiger partial charge in [-0.2, -0.15) is 0 Å². The molecule has 12 N–H and O–H groups in total. The third-order valence-corrected chi connectivity index (χ3v) is 13.3. The maximum absolute atomic E-state index is 15.0. The van der Waals surface area contributed by atoms with E-state index >= 15 is 9.59 Å². The normalized spacial score (nSPS) is 14.2. The summed E-state index contributed by atoms with van der Waals surface area (Å²) in [5, 5.41) is 65.2. The summed E-state index contributed by atoms with van der Waals surface area (Å²) in [5.41, 5.74) is 1.61. The molecule has 0 aromatic heterocycles. The Bertz CT molecular complexity index is 1530. The minimum Gasteiger partial charge on any atom is -0.481 e. The van der Waals surface area contributed by atoms with Gasteiger partial charge in [0.1, 0.15) is 11.8 Å². The van der Waals surface area contributed by atoms with Gasteiger partial charge in [0.2, 0.25) is 5.60 Å². The lowest BCUT2D eigenvalue weighted by molar-refractivity contribution is -0.245. The summed E-state index contributed by atoms with van der Waals surface area (Å²) >= 11 is 0. The van der Waals surface area contributed by atoms with Crippen molar-refractivity contribution in [1.29, 1.82) is 0 Å². The van der Waals surface area contributed by atoms with Crippen LogP contribution in [-0.2, 0) is 51.9 Å². The van der Waals surface area contributed by atoms with Crippen molar-refractivity contribution >= 4 is 49.2 Å². The van der Waals surface area contributed by atoms with Gasteiger partial charge in [0.25, 0.3) is 0 Å². The van der Waals surface area contributed by atoms with Gasteiger partial charge in [0.15, 0.2) is 11.6 Å². The number of aliphatic hydroxyl groups excluding tert-OH is 1. The van der Waals surface area contributed by atoms with Gasteiger partial charge in [-0.15, -0.1) is 0 Å². The summed E-state index contributed by atoms with van der Waals surface area (Å²) in [6, 6.07) is 0. The lowest BCUT2D eigenvalue weighted by atomic mass is 9.74. The molecule has 0 aromatic rings. The molecule has 0 aliphatic rings. The van der Waals surface area contributed by atoms with Crippen molar-refractivity contribution in [3.05, 3.63) is 0 Å². The molecule has 0 aromatic carbocycles. The van der Waals surface area contributed by atoms with Crippen LogP contribution in [0.15, 0.2) is 0 Å². The molecule has 0 rings (SSSR count). The number of carboxylic acids is 5. The molecule has 0 saturated heterocycles. The number of Topliss-reactive ketones (excluding diaryl/α,β-unsaturated/α-hetero) is 2. The van der Waals surface area contributed by atoms with E-state index in [2.05, 4.69) is 19.2 Å². The summed E-state index contributed by atoms with van der Waals surface area (Å²) < 4.78 is 30.9. The molecule has 22 nitrogen and oxygen atoms in total. The number of ether oxygens (including phenoxy) is 1. The molecular formula is C47H87N4O18P. The van der Waals surface area contributed by atoms with Gasteiger partial charge in [-0.3, -0.25) is 52.8 Å². The van der Waals surface area contributed by atoms with Gasteiger partial charge in [-0.25, -0.2) is 4.57 Å². The zero-order chi connectivity index (χ0) is 53.1. The first-order chi connectivity index (χ1) is 33.2. The Morgan fingerprint density at radius 2 is 0.943 bits per heavy atom. The molecule has 408 valence electrons. The fourth-order valence-electron chi connectivity index (χ4n) is 8.90. The highest BCUT2D eigenvalue weighted by Crippen LogP contribution is 2.51. The number of aliphatic hydroxyl groups is 1. The van der Waals surface area contributed by atoms with Crippen LogP contribution in [0.2, 0.25) is 0 Å². The number of carbonyl (C=O) groups excluding carboxylic acids is 2. The second-order valence-electron chi connectivity index (χ2n) is 18.1. The molecule has 0 amide bonds. The number of nitrogens with zero attached hydrogens (tertiary/aromatic N) is 1. The first-order valence-corrected chi connectivity index (χ1v) is 26.7. The second-order valence-corrected chi connectivity index (χ2v) is 19.4. The number of unbranched alkanes of at least 4 members (excludes halogenated alkanes) is 20. The first-order valence-electron chi connectivity index (χ1n) is 25.2. The Morgan fingerprint density at radius 1 is 0.571 bits per heavy atom. The molecule has 0 spiro atoms. The fourth-order valence-corrected chi connectivity index (χ4v) is 9.97. The van der Waals surface area contributed by atoms with Crippen LogP contribution < -0.4 is 16.8 Å².